The van der Waals surface area contributed by atoms with Crippen LogP contribution in [0.4, 0.5) is 8.78 Å². The average Bonchev–Trinajstić information content (AvgIpc) is 2.92. The van der Waals surface area contributed by atoms with Crippen LogP contribution in [-0.4, -0.2) is 11.7 Å². The second kappa shape index (κ2) is 5.14. The molecule has 20 heavy (non-hydrogen) atoms. The molecular formula is C15H11BrF2O2. The van der Waals surface area contributed by atoms with Gasteiger partial charge in [0.2, 0.25) is 0 Å². The van der Waals surface area contributed by atoms with Gasteiger partial charge in [0.25, 0.3) is 0 Å². The third-order valence-corrected chi connectivity index (χ3v) is 4.21. The van der Waals surface area contributed by atoms with Gasteiger partial charge in [-0.15, -0.1) is 0 Å². The van der Waals surface area contributed by atoms with E-state index in [1.807, 2.05) is 12.1 Å². The second-order valence-electron chi connectivity index (χ2n) is 4.60. The molecule has 1 heterocycles. The van der Waals surface area contributed by atoms with Crippen molar-refractivity contribution in [3.8, 4) is 5.75 Å². The van der Waals surface area contributed by atoms with Gasteiger partial charge >= 0.3 is 0 Å². The molecule has 1 unspecified atom stereocenters. The van der Waals surface area contributed by atoms with Crippen LogP contribution >= 0.6 is 15.9 Å². The molecule has 2 nitrogen and oxygen atoms in total. The number of hydrogen-bond donors (Lipinski definition) is 1. The van der Waals surface area contributed by atoms with Gasteiger partial charge in [0.15, 0.2) is 11.6 Å². The van der Waals surface area contributed by atoms with Crippen molar-refractivity contribution in [2.75, 3.05) is 6.61 Å². The van der Waals surface area contributed by atoms with Crippen LogP contribution in [0.3, 0.4) is 0 Å². The maximum Gasteiger partial charge on any atom is 0.173 e. The highest BCUT2D eigenvalue weighted by Gasteiger charge is 2.24. The van der Waals surface area contributed by atoms with E-state index in [2.05, 4.69) is 15.9 Å². The number of benzene rings is 2. The highest BCUT2D eigenvalue weighted by molar-refractivity contribution is 9.10. The Bertz CT molecular complexity index is 673. The highest BCUT2D eigenvalue weighted by atomic mass is 79.9. The lowest BCUT2D eigenvalue weighted by molar-refractivity contribution is 0.212. The van der Waals surface area contributed by atoms with E-state index in [-0.39, 0.29) is 10.0 Å². The normalized spacial score (nSPS) is 14.8. The first-order valence-electron chi connectivity index (χ1n) is 6.15. The predicted octanol–water partition coefficient (Wildman–Crippen LogP) is 3.74. The smallest absolute Gasteiger partial charge is 0.173 e. The SMILES string of the molecule is OC(c1ccc(F)c(F)c1Br)c1cccc2c1OCC2. The number of hydrogen-bond acceptors (Lipinski definition) is 2. The molecule has 5 heteroatoms. The molecule has 2 aromatic rings. The Morgan fingerprint density at radius 1 is 1.15 bits per heavy atom. The Balaban J connectivity index is 2.08. The quantitative estimate of drug-likeness (QED) is 0.844. The molecule has 1 N–H and O–H groups in total. The largest absolute Gasteiger partial charge is 0.493 e. The summed E-state index contributed by atoms with van der Waals surface area (Å²) in [7, 11) is 0. The fraction of sp³-hybridized carbons (Fsp3) is 0.200. The van der Waals surface area contributed by atoms with Crippen molar-refractivity contribution >= 4 is 15.9 Å². The average molecular weight is 341 g/mol. The molecule has 0 aliphatic carbocycles. The van der Waals surface area contributed by atoms with Gasteiger partial charge < -0.3 is 9.84 Å². The van der Waals surface area contributed by atoms with Gasteiger partial charge in [-0.2, -0.15) is 0 Å². The van der Waals surface area contributed by atoms with E-state index in [9.17, 15) is 13.9 Å². The van der Waals surface area contributed by atoms with Crippen LogP contribution in [0.15, 0.2) is 34.8 Å². The van der Waals surface area contributed by atoms with Crippen LogP contribution in [-0.2, 0) is 6.42 Å². The Labute approximate surface area is 123 Å². The molecule has 0 fully saturated rings. The number of halogens is 3. The highest BCUT2D eigenvalue weighted by Crippen LogP contribution is 2.38. The zero-order chi connectivity index (χ0) is 14.3. The summed E-state index contributed by atoms with van der Waals surface area (Å²) >= 11 is 2.99. The number of rotatable bonds is 2. The molecule has 0 radical (unpaired) electrons. The van der Waals surface area contributed by atoms with E-state index in [0.717, 1.165) is 18.1 Å². The van der Waals surface area contributed by atoms with Crippen LogP contribution in [0.2, 0.25) is 0 Å². The van der Waals surface area contributed by atoms with E-state index >= 15 is 0 Å². The maximum absolute atomic E-state index is 13.6. The number of para-hydroxylation sites is 1. The van der Waals surface area contributed by atoms with Crippen LogP contribution < -0.4 is 4.74 Å². The van der Waals surface area contributed by atoms with E-state index in [4.69, 9.17) is 4.74 Å². The lowest BCUT2D eigenvalue weighted by Gasteiger charge is -2.16. The summed E-state index contributed by atoms with van der Waals surface area (Å²) in [6, 6.07) is 7.84. The van der Waals surface area contributed by atoms with Gasteiger partial charge in [0.1, 0.15) is 11.9 Å². The van der Waals surface area contributed by atoms with Crippen molar-refractivity contribution in [3.05, 3.63) is 63.1 Å². The Morgan fingerprint density at radius 2 is 1.95 bits per heavy atom. The summed E-state index contributed by atoms with van der Waals surface area (Å²) in [6.45, 7) is 0.567. The standard InChI is InChI=1S/C15H11BrF2O2/c16-12-9(4-5-11(17)13(12)18)14(19)10-3-1-2-8-6-7-20-15(8)10/h1-5,14,19H,6-7H2. The molecule has 2 aromatic carbocycles. The molecular weight excluding hydrogens is 330 g/mol. The van der Waals surface area contributed by atoms with Gasteiger partial charge in [-0.3, -0.25) is 0 Å². The van der Waals surface area contributed by atoms with Crippen molar-refractivity contribution in [2.45, 2.75) is 12.5 Å². The second-order valence-corrected chi connectivity index (χ2v) is 5.39. The topological polar surface area (TPSA) is 29.5 Å². The molecule has 3 rings (SSSR count). The van der Waals surface area contributed by atoms with E-state index < -0.39 is 17.7 Å². The first-order chi connectivity index (χ1) is 9.59. The van der Waals surface area contributed by atoms with Crippen molar-refractivity contribution in [1.82, 2.24) is 0 Å². The summed E-state index contributed by atoms with van der Waals surface area (Å²) in [5.41, 5.74) is 1.85. The van der Waals surface area contributed by atoms with Gasteiger partial charge in [-0.25, -0.2) is 8.78 Å². The molecule has 1 aliphatic rings. The number of ether oxygens (including phenoxy) is 1. The Morgan fingerprint density at radius 3 is 2.75 bits per heavy atom. The van der Waals surface area contributed by atoms with Crippen molar-refractivity contribution in [1.29, 1.82) is 0 Å². The monoisotopic (exact) mass is 340 g/mol. The zero-order valence-electron chi connectivity index (χ0n) is 10.4. The Kier molecular flexibility index (Phi) is 3.48. The predicted molar refractivity (Wildman–Crippen MR) is 73.8 cm³/mol. The Hall–Kier alpha value is -1.46. The molecule has 0 aromatic heterocycles. The molecule has 0 saturated carbocycles. The molecule has 0 amide bonds. The number of fused-ring (bicyclic) bond motifs is 1. The minimum Gasteiger partial charge on any atom is -0.493 e. The van der Waals surface area contributed by atoms with E-state index in [1.54, 1.807) is 6.07 Å². The summed E-state index contributed by atoms with van der Waals surface area (Å²) in [5.74, 6) is -1.32. The molecule has 0 saturated heterocycles. The summed E-state index contributed by atoms with van der Waals surface area (Å²) in [6.07, 6.45) is -0.290. The van der Waals surface area contributed by atoms with Crippen LogP contribution in [0.25, 0.3) is 0 Å². The number of aliphatic hydroxyl groups excluding tert-OH is 1. The van der Waals surface area contributed by atoms with Crippen LogP contribution in [0.1, 0.15) is 22.8 Å². The van der Waals surface area contributed by atoms with Gasteiger partial charge in [-0.05, 0) is 27.6 Å². The lowest BCUT2D eigenvalue weighted by Crippen LogP contribution is -2.05. The van der Waals surface area contributed by atoms with Crippen LogP contribution in [0.5, 0.6) is 5.75 Å². The van der Waals surface area contributed by atoms with Crippen molar-refractivity contribution < 1.29 is 18.6 Å². The van der Waals surface area contributed by atoms with Crippen LogP contribution in [0, 0.1) is 11.6 Å². The first-order valence-corrected chi connectivity index (χ1v) is 6.95. The first kappa shape index (κ1) is 13.5. The minimum atomic E-state index is -1.08. The van der Waals surface area contributed by atoms with E-state index in [0.29, 0.717) is 17.9 Å². The van der Waals surface area contributed by atoms with Crippen molar-refractivity contribution in [2.24, 2.45) is 0 Å². The van der Waals surface area contributed by atoms with Gasteiger partial charge in [-0.1, -0.05) is 24.3 Å². The fourth-order valence-corrected chi connectivity index (χ4v) is 2.91. The molecule has 104 valence electrons. The van der Waals surface area contributed by atoms with Gasteiger partial charge in [0, 0.05) is 17.5 Å². The molecule has 0 spiro atoms. The maximum atomic E-state index is 13.6. The molecule has 1 atom stereocenters. The van der Waals surface area contributed by atoms with Crippen molar-refractivity contribution in [3.63, 3.8) is 0 Å². The van der Waals surface area contributed by atoms with Gasteiger partial charge in [0.05, 0.1) is 11.1 Å². The van der Waals surface area contributed by atoms with E-state index in [1.165, 1.54) is 6.07 Å². The summed E-state index contributed by atoms with van der Waals surface area (Å²) in [5, 5.41) is 10.5. The third-order valence-electron chi connectivity index (χ3n) is 3.40. The lowest BCUT2D eigenvalue weighted by atomic mass is 9.98. The molecule has 0 bridgehead atoms. The summed E-state index contributed by atoms with van der Waals surface area (Å²) < 4.78 is 32.2. The minimum absolute atomic E-state index is 0.0689. The third kappa shape index (κ3) is 2.11. The fourth-order valence-electron chi connectivity index (χ4n) is 2.38. The molecule has 1 aliphatic heterocycles. The zero-order valence-corrected chi connectivity index (χ0v) is 12.0. The summed E-state index contributed by atoms with van der Waals surface area (Å²) in [4.78, 5) is 0. The number of aliphatic hydroxyl groups is 1.